The standard InChI is InChI=1S/C17H31N3S/c1-5-15(18)17(16-10-9-13(3)21-16)19(4)12-14-8-7-11-20(14)6-2/h9-10,14-15,17H,5-8,11-12,18H2,1-4H3. The van der Waals surface area contributed by atoms with Crippen LogP contribution >= 0.6 is 11.3 Å². The third-order valence-electron chi connectivity index (χ3n) is 4.81. The average Bonchev–Trinajstić information content (AvgIpc) is 3.08. The molecule has 1 aromatic heterocycles. The summed E-state index contributed by atoms with van der Waals surface area (Å²) in [5.74, 6) is 0. The summed E-state index contributed by atoms with van der Waals surface area (Å²) in [7, 11) is 2.25. The molecule has 1 aliphatic rings. The second-order valence-corrected chi connectivity index (χ2v) is 7.65. The number of rotatable bonds is 7. The van der Waals surface area contributed by atoms with Gasteiger partial charge >= 0.3 is 0 Å². The molecule has 3 atom stereocenters. The van der Waals surface area contributed by atoms with E-state index < -0.39 is 0 Å². The van der Waals surface area contributed by atoms with Crippen LogP contribution in [0.15, 0.2) is 12.1 Å². The van der Waals surface area contributed by atoms with E-state index >= 15 is 0 Å². The average molecular weight is 310 g/mol. The van der Waals surface area contributed by atoms with Crippen LogP contribution < -0.4 is 5.73 Å². The lowest BCUT2D eigenvalue weighted by Crippen LogP contribution is -2.44. The SMILES string of the molecule is CCC(N)C(c1ccc(C)s1)N(C)CC1CCCN1CC. The Bertz CT molecular complexity index is 431. The summed E-state index contributed by atoms with van der Waals surface area (Å²) in [5, 5.41) is 0. The molecule has 2 rings (SSSR count). The molecule has 0 spiro atoms. The highest BCUT2D eigenvalue weighted by molar-refractivity contribution is 7.12. The van der Waals surface area contributed by atoms with Crippen molar-refractivity contribution in [2.45, 2.75) is 58.2 Å². The van der Waals surface area contributed by atoms with Crippen molar-refractivity contribution in [2.75, 3.05) is 26.7 Å². The zero-order valence-electron chi connectivity index (χ0n) is 14.0. The minimum Gasteiger partial charge on any atom is -0.326 e. The van der Waals surface area contributed by atoms with Crippen molar-refractivity contribution in [3.8, 4) is 0 Å². The van der Waals surface area contributed by atoms with E-state index in [2.05, 4.69) is 49.8 Å². The van der Waals surface area contributed by atoms with E-state index in [4.69, 9.17) is 5.73 Å². The van der Waals surface area contributed by atoms with Gasteiger partial charge in [-0.2, -0.15) is 0 Å². The number of nitrogens with zero attached hydrogens (tertiary/aromatic N) is 2. The van der Waals surface area contributed by atoms with E-state index in [1.165, 1.54) is 35.7 Å². The van der Waals surface area contributed by atoms with Crippen molar-refractivity contribution >= 4 is 11.3 Å². The van der Waals surface area contributed by atoms with Gasteiger partial charge in [-0.05, 0) is 58.5 Å². The molecular formula is C17H31N3S. The Kier molecular flexibility index (Phi) is 6.23. The number of nitrogens with two attached hydrogens (primary N) is 1. The second-order valence-electron chi connectivity index (χ2n) is 6.33. The molecule has 1 fully saturated rings. The number of hydrogen-bond donors (Lipinski definition) is 1. The molecule has 1 aliphatic heterocycles. The smallest absolute Gasteiger partial charge is 0.0591 e. The first-order valence-electron chi connectivity index (χ1n) is 8.33. The van der Waals surface area contributed by atoms with Crippen LogP contribution in [0.5, 0.6) is 0 Å². The number of likely N-dealkylation sites (tertiary alicyclic amines) is 1. The Morgan fingerprint density at radius 2 is 2.19 bits per heavy atom. The van der Waals surface area contributed by atoms with Crippen molar-refractivity contribution in [3.05, 3.63) is 21.9 Å². The molecule has 0 amide bonds. The zero-order valence-corrected chi connectivity index (χ0v) is 14.8. The van der Waals surface area contributed by atoms with E-state index in [-0.39, 0.29) is 6.04 Å². The van der Waals surface area contributed by atoms with Gasteiger partial charge in [0.05, 0.1) is 6.04 Å². The molecule has 1 saturated heterocycles. The van der Waals surface area contributed by atoms with Gasteiger partial charge in [-0.25, -0.2) is 0 Å². The molecule has 4 heteroatoms. The predicted molar refractivity (Wildman–Crippen MR) is 93.0 cm³/mol. The molecule has 0 aromatic carbocycles. The summed E-state index contributed by atoms with van der Waals surface area (Å²) in [5.41, 5.74) is 6.45. The van der Waals surface area contributed by atoms with Gasteiger partial charge in [0.25, 0.3) is 0 Å². The van der Waals surface area contributed by atoms with Crippen molar-refractivity contribution in [1.29, 1.82) is 0 Å². The van der Waals surface area contributed by atoms with E-state index in [9.17, 15) is 0 Å². The summed E-state index contributed by atoms with van der Waals surface area (Å²) >= 11 is 1.90. The zero-order chi connectivity index (χ0) is 15.4. The molecule has 3 unspecified atom stereocenters. The van der Waals surface area contributed by atoms with Crippen LogP contribution in [0.1, 0.15) is 48.9 Å². The molecule has 21 heavy (non-hydrogen) atoms. The van der Waals surface area contributed by atoms with Gasteiger partial charge in [0.1, 0.15) is 0 Å². The van der Waals surface area contributed by atoms with Crippen LogP contribution in [0, 0.1) is 6.92 Å². The van der Waals surface area contributed by atoms with Crippen LogP contribution in [0.25, 0.3) is 0 Å². The molecule has 2 N–H and O–H groups in total. The van der Waals surface area contributed by atoms with Gasteiger partial charge in [0, 0.05) is 28.4 Å². The van der Waals surface area contributed by atoms with Crippen molar-refractivity contribution in [1.82, 2.24) is 9.80 Å². The summed E-state index contributed by atoms with van der Waals surface area (Å²) in [6.07, 6.45) is 3.69. The molecule has 2 heterocycles. The maximum absolute atomic E-state index is 6.45. The van der Waals surface area contributed by atoms with Crippen molar-refractivity contribution < 1.29 is 0 Å². The van der Waals surface area contributed by atoms with Gasteiger partial charge in [-0.1, -0.05) is 13.8 Å². The van der Waals surface area contributed by atoms with Crippen molar-refractivity contribution in [2.24, 2.45) is 5.73 Å². The van der Waals surface area contributed by atoms with E-state index in [1.54, 1.807) is 0 Å². The lowest BCUT2D eigenvalue weighted by atomic mass is 10.0. The van der Waals surface area contributed by atoms with Crippen LogP contribution in [-0.2, 0) is 0 Å². The third-order valence-corrected chi connectivity index (χ3v) is 5.88. The normalized spacial score (nSPS) is 22.9. The van der Waals surface area contributed by atoms with Gasteiger partial charge in [0.2, 0.25) is 0 Å². The van der Waals surface area contributed by atoms with E-state index in [0.717, 1.165) is 13.0 Å². The molecule has 1 aromatic rings. The van der Waals surface area contributed by atoms with Crippen molar-refractivity contribution in [3.63, 3.8) is 0 Å². The molecule has 0 aliphatic carbocycles. The minimum atomic E-state index is 0.213. The summed E-state index contributed by atoms with van der Waals surface area (Å²) in [6, 6.07) is 5.75. The Morgan fingerprint density at radius 1 is 1.43 bits per heavy atom. The summed E-state index contributed by atoms with van der Waals surface area (Å²) in [6.45, 7) is 10.2. The number of hydrogen-bond acceptors (Lipinski definition) is 4. The first-order valence-corrected chi connectivity index (χ1v) is 9.14. The quantitative estimate of drug-likeness (QED) is 0.839. The Morgan fingerprint density at radius 3 is 2.76 bits per heavy atom. The van der Waals surface area contributed by atoms with E-state index in [1.807, 2.05) is 11.3 Å². The van der Waals surface area contributed by atoms with Gasteiger partial charge in [-0.3, -0.25) is 9.80 Å². The van der Waals surface area contributed by atoms with Crippen LogP contribution in [0.4, 0.5) is 0 Å². The number of likely N-dealkylation sites (N-methyl/N-ethyl adjacent to an activating group) is 2. The highest BCUT2D eigenvalue weighted by Crippen LogP contribution is 2.31. The molecular weight excluding hydrogens is 278 g/mol. The Labute approximate surface area is 134 Å². The second kappa shape index (κ2) is 7.73. The fourth-order valence-corrected chi connectivity index (χ4v) is 4.67. The first-order chi connectivity index (χ1) is 10.1. The maximum Gasteiger partial charge on any atom is 0.0591 e. The highest BCUT2D eigenvalue weighted by atomic mass is 32.1. The van der Waals surface area contributed by atoms with Crippen LogP contribution in [0.3, 0.4) is 0 Å². The maximum atomic E-state index is 6.45. The molecule has 0 radical (unpaired) electrons. The molecule has 3 nitrogen and oxygen atoms in total. The fraction of sp³-hybridized carbons (Fsp3) is 0.765. The lowest BCUT2D eigenvalue weighted by Gasteiger charge is -2.35. The topological polar surface area (TPSA) is 32.5 Å². The summed E-state index contributed by atoms with van der Waals surface area (Å²) < 4.78 is 0. The Hall–Kier alpha value is -0.420. The number of aryl methyl sites for hydroxylation is 1. The lowest BCUT2D eigenvalue weighted by molar-refractivity contribution is 0.149. The summed E-state index contributed by atoms with van der Waals surface area (Å²) in [4.78, 5) is 7.91. The largest absolute Gasteiger partial charge is 0.326 e. The van der Waals surface area contributed by atoms with Gasteiger partial charge < -0.3 is 5.73 Å². The highest BCUT2D eigenvalue weighted by Gasteiger charge is 2.29. The Balaban J connectivity index is 2.09. The first kappa shape index (κ1) is 16.9. The molecule has 0 saturated carbocycles. The fourth-order valence-electron chi connectivity index (χ4n) is 3.55. The van der Waals surface area contributed by atoms with Gasteiger partial charge in [-0.15, -0.1) is 11.3 Å². The number of thiophene rings is 1. The van der Waals surface area contributed by atoms with Crippen LogP contribution in [0.2, 0.25) is 0 Å². The third kappa shape index (κ3) is 4.07. The van der Waals surface area contributed by atoms with Gasteiger partial charge in [0.15, 0.2) is 0 Å². The molecule has 0 bridgehead atoms. The predicted octanol–water partition coefficient (Wildman–Crippen LogP) is 3.25. The van der Waals surface area contributed by atoms with E-state index in [0.29, 0.717) is 12.1 Å². The minimum absolute atomic E-state index is 0.213. The van der Waals surface area contributed by atoms with Crippen LogP contribution in [-0.4, -0.2) is 48.6 Å². The molecule has 120 valence electrons. The monoisotopic (exact) mass is 309 g/mol.